The molecule has 58 valence electrons. The van der Waals surface area contributed by atoms with E-state index in [1.807, 2.05) is 12.1 Å². The molecule has 0 aliphatic rings. The number of rotatable bonds is 2. The van der Waals surface area contributed by atoms with Gasteiger partial charge in [0.2, 0.25) is 5.91 Å². The van der Waals surface area contributed by atoms with E-state index in [0.29, 0.717) is 0 Å². The van der Waals surface area contributed by atoms with Crippen molar-refractivity contribution in [1.82, 2.24) is 0 Å². The predicted molar refractivity (Wildman–Crippen MR) is 50.2 cm³/mol. The molecule has 0 aromatic carbocycles. The van der Waals surface area contributed by atoms with Crippen LogP contribution in [0.5, 0.6) is 0 Å². The van der Waals surface area contributed by atoms with Gasteiger partial charge >= 0.3 is 0 Å². The largest absolute Gasteiger partial charge is 0.366 e. The third-order valence-corrected chi connectivity index (χ3v) is 2.59. The van der Waals surface area contributed by atoms with Gasteiger partial charge in [-0.3, -0.25) is 4.79 Å². The first-order chi connectivity index (χ1) is 5.18. The van der Waals surface area contributed by atoms with Crippen molar-refractivity contribution in [2.75, 3.05) is 0 Å². The van der Waals surface area contributed by atoms with Gasteiger partial charge in [0, 0.05) is 11.0 Å². The molecule has 1 heterocycles. The summed E-state index contributed by atoms with van der Waals surface area (Å²) in [6.07, 6.45) is 3.04. The van der Waals surface area contributed by atoms with E-state index in [2.05, 4.69) is 15.9 Å². The lowest BCUT2D eigenvalue weighted by Crippen LogP contribution is -2.04. The number of carbonyl (C=O) groups is 1. The van der Waals surface area contributed by atoms with E-state index >= 15 is 0 Å². The summed E-state index contributed by atoms with van der Waals surface area (Å²) in [7, 11) is 0. The zero-order chi connectivity index (χ0) is 8.27. The normalized spacial score (nSPS) is 10.6. The zero-order valence-electron chi connectivity index (χ0n) is 5.58. The van der Waals surface area contributed by atoms with E-state index in [1.165, 1.54) is 6.08 Å². The molecule has 0 unspecified atom stereocenters. The number of hydrogen-bond donors (Lipinski definition) is 1. The van der Waals surface area contributed by atoms with E-state index in [0.717, 1.165) is 8.66 Å². The van der Waals surface area contributed by atoms with Gasteiger partial charge in [0.1, 0.15) is 0 Å². The summed E-state index contributed by atoms with van der Waals surface area (Å²) >= 11 is 4.86. The van der Waals surface area contributed by atoms with Gasteiger partial charge in [-0.15, -0.1) is 11.3 Å². The lowest BCUT2D eigenvalue weighted by atomic mass is 10.4. The number of primary amides is 1. The summed E-state index contributed by atoms with van der Waals surface area (Å²) in [5, 5.41) is 0. The van der Waals surface area contributed by atoms with Crippen LogP contribution in [0.4, 0.5) is 0 Å². The standard InChI is InChI=1S/C7H6BrNOS/c8-6-3-1-5(11-6)2-4-7(9)10/h1-4H,(H2,9,10). The van der Waals surface area contributed by atoms with Gasteiger partial charge in [0.05, 0.1) is 3.79 Å². The lowest BCUT2D eigenvalue weighted by Gasteiger charge is -1.80. The number of thiophene rings is 1. The molecule has 0 saturated carbocycles. The number of nitrogens with two attached hydrogens (primary N) is 1. The molecular weight excluding hydrogens is 226 g/mol. The first-order valence-electron chi connectivity index (χ1n) is 2.91. The van der Waals surface area contributed by atoms with Crippen LogP contribution in [0.2, 0.25) is 0 Å². The predicted octanol–water partition coefficient (Wildman–Crippen LogP) is 2.01. The van der Waals surface area contributed by atoms with Crippen LogP contribution < -0.4 is 5.73 Å². The molecule has 0 atom stereocenters. The quantitative estimate of drug-likeness (QED) is 0.778. The number of amides is 1. The lowest BCUT2D eigenvalue weighted by molar-refractivity contribution is -0.113. The van der Waals surface area contributed by atoms with Crippen LogP contribution in [-0.4, -0.2) is 5.91 Å². The molecule has 1 rings (SSSR count). The van der Waals surface area contributed by atoms with Crippen LogP contribution >= 0.6 is 27.3 Å². The molecule has 2 N–H and O–H groups in total. The van der Waals surface area contributed by atoms with Crippen molar-refractivity contribution in [1.29, 1.82) is 0 Å². The highest BCUT2D eigenvalue weighted by Gasteiger charge is 1.92. The Balaban J connectivity index is 2.71. The molecule has 1 aromatic heterocycles. The molecule has 0 fully saturated rings. The topological polar surface area (TPSA) is 43.1 Å². The Morgan fingerprint density at radius 2 is 2.36 bits per heavy atom. The molecule has 0 radical (unpaired) electrons. The highest BCUT2D eigenvalue weighted by molar-refractivity contribution is 9.11. The third-order valence-electron chi connectivity index (χ3n) is 1.01. The molecule has 0 spiro atoms. The van der Waals surface area contributed by atoms with E-state index in [9.17, 15) is 4.79 Å². The fourth-order valence-electron chi connectivity index (χ4n) is 0.582. The molecule has 4 heteroatoms. The third kappa shape index (κ3) is 2.86. The van der Waals surface area contributed by atoms with Crippen molar-refractivity contribution in [3.05, 3.63) is 26.9 Å². The fourth-order valence-corrected chi connectivity index (χ4v) is 1.91. The van der Waals surface area contributed by atoms with Crippen LogP contribution in [0, 0.1) is 0 Å². The van der Waals surface area contributed by atoms with Crippen LogP contribution in [0.15, 0.2) is 22.0 Å². The monoisotopic (exact) mass is 231 g/mol. The summed E-state index contributed by atoms with van der Waals surface area (Å²) < 4.78 is 1.04. The van der Waals surface area contributed by atoms with Gasteiger partial charge in [-0.1, -0.05) is 0 Å². The van der Waals surface area contributed by atoms with Gasteiger partial charge < -0.3 is 5.73 Å². The number of hydrogen-bond acceptors (Lipinski definition) is 2. The minimum Gasteiger partial charge on any atom is -0.366 e. The Morgan fingerprint density at radius 3 is 2.82 bits per heavy atom. The van der Waals surface area contributed by atoms with Crippen LogP contribution in [-0.2, 0) is 4.79 Å². The molecule has 11 heavy (non-hydrogen) atoms. The fraction of sp³-hybridized carbons (Fsp3) is 0. The first kappa shape index (κ1) is 8.49. The second-order valence-corrected chi connectivity index (χ2v) is 4.37. The van der Waals surface area contributed by atoms with E-state index in [1.54, 1.807) is 17.4 Å². The van der Waals surface area contributed by atoms with Gasteiger partial charge in [-0.25, -0.2) is 0 Å². The Labute approximate surface area is 76.8 Å². The molecule has 0 saturated heterocycles. The summed E-state index contributed by atoms with van der Waals surface area (Å²) in [5.41, 5.74) is 4.91. The average molecular weight is 232 g/mol. The van der Waals surface area contributed by atoms with Gasteiger partial charge in [0.25, 0.3) is 0 Å². The first-order valence-corrected chi connectivity index (χ1v) is 4.52. The van der Waals surface area contributed by atoms with Gasteiger partial charge in [-0.05, 0) is 34.1 Å². The van der Waals surface area contributed by atoms with Gasteiger partial charge in [0.15, 0.2) is 0 Å². The Kier molecular flexibility index (Phi) is 2.84. The highest BCUT2D eigenvalue weighted by Crippen LogP contribution is 2.22. The number of halogens is 1. The zero-order valence-corrected chi connectivity index (χ0v) is 7.98. The minimum atomic E-state index is -0.422. The Morgan fingerprint density at radius 1 is 1.64 bits per heavy atom. The second kappa shape index (κ2) is 3.69. The van der Waals surface area contributed by atoms with Crippen molar-refractivity contribution >= 4 is 39.2 Å². The smallest absolute Gasteiger partial charge is 0.241 e. The second-order valence-electron chi connectivity index (χ2n) is 1.88. The van der Waals surface area contributed by atoms with E-state index < -0.39 is 5.91 Å². The molecular formula is C7H6BrNOS. The molecule has 0 aliphatic heterocycles. The Bertz CT molecular complexity index is 292. The van der Waals surface area contributed by atoms with Crippen LogP contribution in [0.3, 0.4) is 0 Å². The molecule has 1 amide bonds. The molecule has 0 bridgehead atoms. The SMILES string of the molecule is NC(=O)C=Cc1ccc(Br)s1. The highest BCUT2D eigenvalue weighted by atomic mass is 79.9. The summed E-state index contributed by atoms with van der Waals surface area (Å²) in [5.74, 6) is -0.422. The minimum absolute atomic E-state index is 0.422. The van der Waals surface area contributed by atoms with Crippen LogP contribution in [0.25, 0.3) is 6.08 Å². The molecule has 2 nitrogen and oxygen atoms in total. The van der Waals surface area contributed by atoms with E-state index in [-0.39, 0.29) is 0 Å². The Hall–Kier alpha value is -0.610. The molecule has 1 aromatic rings. The maximum atomic E-state index is 10.3. The number of carbonyl (C=O) groups excluding carboxylic acids is 1. The van der Waals surface area contributed by atoms with Gasteiger partial charge in [-0.2, -0.15) is 0 Å². The van der Waals surface area contributed by atoms with Crippen molar-refractivity contribution in [2.45, 2.75) is 0 Å². The van der Waals surface area contributed by atoms with Crippen LogP contribution in [0.1, 0.15) is 4.88 Å². The maximum Gasteiger partial charge on any atom is 0.241 e. The molecule has 0 aliphatic carbocycles. The maximum absolute atomic E-state index is 10.3. The van der Waals surface area contributed by atoms with Crippen molar-refractivity contribution < 1.29 is 4.79 Å². The summed E-state index contributed by atoms with van der Waals surface area (Å²) in [6.45, 7) is 0. The summed E-state index contributed by atoms with van der Waals surface area (Å²) in [6, 6.07) is 3.83. The van der Waals surface area contributed by atoms with E-state index in [4.69, 9.17) is 5.73 Å². The summed E-state index contributed by atoms with van der Waals surface area (Å²) in [4.78, 5) is 11.3. The average Bonchev–Trinajstić information content (AvgIpc) is 2.31. The van der Waals surface area contributed by atoms with Crippen molar-refractivity contribution in [3.8, 4) is 0 Å². The van der Waals surface area contributed by atoms with Crippen molar-refractivity contribution in [3.63, 3.8) is 0 Å². The van der Waals surface area contributed by atoms with Crippen molar-refractivity contribution in [2.24, 2.45) is 5.73 Å².